The van der Waals surface area contributed by atoms with Gasteiger partial charge in [0.1, 0.15) is 11.5 Å². The Hall–Kier alpha value is -1.71. The SMILES string of the molecule is COc1ccc(CN[C@@H](C)c2ccccc2Cl)c(OC)c1. The summed E-state index contributed by atoms with van der Waals surface area (Å²) in [5.41, 5.74) is 2.17. The number of hydrogen-bond acceptors (Lipinski definition) is 3. The molecule has 21 heavy (non-hydrogen) atoms. The van der Waals surface area contributed by atoms with Gasteiger partial charge in [-0.1, -0.05) is 35.9 Å². The third kappa shape index (κ3) is 3.90. The molecule has 1 N–H and O–H groups in total. The fraction of sp³-hybridized carbons (Fsp3) is 0.294. The molecule has 0 aliphatic carbocycles. The molecule has 2 rings (SSSR count). The third-order valence-electron chi connectivity index (χ3n) is 3.46. The fourth-order valence-corrected chi connectivity index (χ4v) is 2.50. The molecule has 0 aliphatic rings. The van der Waals surface area contributed by atoms with Gasteiger partial charge < -0.3 is 14.8 Å². The quantitative estimate of drug-likeness (QED) is 0.867. The van der Waals surface area contributed by atoms with Crippen molar-refractivity contribution in [2.24, 2.45) is 0 Å². The van der Waals surface area contributed by atoms with Crippen LogP contribution in [0.25, 0.3) is 0 Å². The number of halogens is 1. The zero-order chi connectivity index (χ0) is 15.2. The van der Waals surface area contributed by atoms with E-state index in [1.807, 2.05) is 42.5 Å². The second kappa shape index (κ2) is 7.34. The molecule has 0 spiro atoms. The summed E-state index contributed by atoms with van der Waals surface area (Å²) in [5.74, 6) is 1.60. The van der Waals surface area contributed by atoms with E-state index in [1.165, 1.54) is 0 Å². The first-order chi connectivity index (χ1) is 10.2. The highest BCUT2D eigenvalue weighted by molar-refractivity contribution is 6.31. The summed E-state index contributed by atoms with van der Waals surface area (Å²) < 4.78 is 10.6. The minimum atomic E-state index is 0.158. The van der Waals surface area contributed by atoms with Crippen molar-refractivity contribution in [1.82, 2.24) is 5.32 Å². The molecule has 0 aliphatic heterocycles. The number of rotatable bonds is 6. The van der Waals surface area contributed by atoms with E-state index in [0.29, 0.717) is 6.54 Å². The van der Waals surface area contributed by atoms with Crippen LogP contribution in [0, 0.1) is 0 Å². The molecule has 0 radical (unpaired) electrons. The van der Waals surface area contributed by atoms with Gasteiger partial charge in [0.15, 0.2) is 0 Å². The van der Waals surface area contributed by atoms with Gasteiger partial charge >= 0.3 is 0 Å². The maximum atomic E-state index is 6.22. The minimum absolute atomic E-state index is 0.158. The Morgan fingerprint density at radius 3 is 2.52 bits per heavy atom. The average Bonchev–Trinajstić information content (AvgIpc) is 2.52. The molecular weight excluding hydrogens is 286 g/mol. The summed E-state index contributed by atoms with van der Waals surface area (Å²) in [7, 11) is 3.31. The van der Waals surface area contributed by atoms with Crippen molar-refractivity contribution in [3.63, 3.8) is 0 Å². The molecule has 0 fully saturated rings. The van der Waals surface area contributed by atoms with Crippen molar-refractivity contribution in [2.45, 2.75) is 19.5 Å². The van der Waals surface area contributed by atoms with E-state index in [1.54, 1.807) is 14.2 Å². The molecule has 3 nitrogen and oxygen atoms in total. The predicted octanol–water partition coefficient (Wildman–Crippen LogP) is 4.21. The largest absolute Gasteiger partial charge is 0.497 e. The lowest BCUT2D eigenvalue weighted by Gasteiger charge is -2.17. The van der Waals surface area contributed by atoms with Crippen LogP contribution in [-0.2, 0) is 6.54 Å². The van der Waals surface area contributed by atoms with Crippen molar-refractivity contribution in [2.75, 3.05) is 14.2 Å². The maximum absolute atomic E-state index is 6.22. The first-order valence-electron chi connectivity index (χ1n) is 6.84. The topological polar surface area (TPSA) is 30.5 Å². The summed E-state index contributed by atoms with van der Waals surface area (Å²) in [6.07, 6.45) is 0. The van der Waals surface area contributed by atoms with Crippen LogP contribution in [0.2, 0.25) is 5.02 Å². The molecule has 0 bridgehead atoms. The lowest BCUT2D eigenvalue weighted by atomic mass is 10.1. The smallest absolute Gasteiger partial charge is 0.127 e. The van der Waals surface area contributed by atoms with Gasteiger partial charge in [-0.2, -0.15) is 0 Å². The summed E-state index contributed by atoms with van der Waals surface area (Å²) in [4.78, 5) is 0. The number of ether oxygens (including phenoxy) is 2. The molecule has 4 heteroatoms. The Balaban J connectivity index is 2.08. The highest BCUT2D eigenvalue weighted by atomic mass is 35.5. The minimum Gasteiger partial charge on any atom is -0.497 e. The standard InChI is InChI=1S/C17H20ClNO2/c1-12(15-6-4-5-7-16(15)18)19-11-13-8-9-14(20-2)10-17(13)21-3/h4-10,12,19H,11H2,1-3H3/t12-/m0/s1. The van der Waals surface area contributed by atoms with E-state index >= 15 is 0 Å². The van der Waals surface area contributed by atoms with Crippen LogP contribution in [0.5, 0.6) is 11.5 Å². The molecular formula is C17H20ClNO2. The summed E-state index contributed by atoms with van der Waals surface area (Å²) >= 11 is 6.22. The summed E-state index contributed by atoms with van der Waals surface area (Å²) in [6, 6.07) is 13.8. The summed E-state index contributed by atoms with van der Waals surface area (Å²) in [5, 5.41) is 4.24. The van der Waals surface area contributed by atoms with Crippen molar-refractivity contribution in [3.8, 4) is 11.5 Å². The molecule has 0 saturated carbocycles. The average molecular weight is 306 g/mol. The molecule has 0 aromatic heterocycles. The van der Waals surface area contributed by atoms with E-state index in [2.05, 4.69) is 12.2 Å². The van der Waals surface area contributed by atoms with Crippen molar-refractivity contribution in [1.29, 1.82) is 0 Å². The molecule has 0 saturated heterocycles. The van der Waals surface area contributed by atoms with Gasteiger partial charge in [0.05, 0.1) is 14.2 Å². The fourth-order valence-electron chi connectivity index (χ4n) is 2.20. The zero-order valence-corrected chi connectivity index (χ0v) is 13.3. The normalized spacial score (nSPS) is 12.0. The van der Waals surface area contributed by atoms with Crippen LogP contribution in [0.1, 0.15) is 24.1 Å². The van der Waals surface area contributed by atoms with Crippen LogP contribution < -0.4 is 14.8 Å². The van der Waals surface area contributed by atoms with Gasteiger partial charge in [0.25, 0.3) is 0 Å². The van der Waals surface area contributed by atoms with Gasteiger partial charge in [0.2, 0.25) is 0 Å². The second-order valence-electron chi connectivity index (χ2n) is 4.80. The van der Waals surface area contributed by atoms with E-state index in [0.717, 1.165) is 27.6 Å². The second-order valence-corrected chi connectivity index (χ2v) is 5.21. The van der Waals surface area contributed by atoms with Crippen LogP contribution in [0.15, 0.2) is 42.5 Å². The lowest BCUT2D eigenvalue weighted by Crippen LogP contribution is -2.18. The number of methoxy groups -OCH3 is 2. The molecule has 0 heterocycles. The Kier molecular flexibility index (Phi) is 5.48. The first-order valence-corrected chi connectivity index (χ1v) is 7.22. The van der Waals surface area contributed by atoms with Gasteiger partial charge in [-0.3, -0.25) is 0 Å². The Bertz CT molecular complexity index is 601. The molecule has 112 valence electrons. The van der Waals surface area contributed by atoms with Crippen molar-refractivity contribution >= 4 is 11.6 Å². The van der Waals surface area contributed by atoms with Gasteiger partial charge in [-0.15, -0.1) is 0 Å². The number of nitrogens with one attached hydrogen (secondary N) is 1. The monoisotopic (exact) mass is 305 g/mol. The first kappa shape index (κ1) is 15.7. The van der Waals surface area contributed by atoms with Crippen LogP contribution >= 0.6 is 11.6 Å². The summed E-state index contributed by atoms with van der Waals surface area (Å²) in [6.45, 7) is 2.79. The third-order valence-corrected chi connectivity index (χ3v) is 3.81. The molecule has 1 atom stereocenters. The molecule has 0 amide bonds. The van der Waals surface area contributed by atoms with Crippen molar-refractivity contribution < 1.29 is 9.47 Å². The Morgan fingerprint density at radius 1 is 1.10 bits per heavy atom. The number of benzene rings is 2. The molecule has 2 aromatic rings. The molecule has 0 unspecified atom stereocenters. The molecule has 2 aromatic carbocycles. The predicted molar refractivity (Wildman–Crippen MR) is 86.3 cm³/mol. The van der Waals surface area contributed by atoms with Gasteiger partial charge in [-0.05, 0) is 24.6 Å². The van der Waals surface area contributed by atoms with Gasteiger partial charge in [0, 0.05) is 29.2 Å². The van der Waals surface area contributed by atoms with Gasteiger partial charge in [-0.25, -0.2) is 0 Å². The lowest BCUT2D eigenvalue weighted by molar-refractivity contribution is 0.389. The number of hydrogen-bond donors (Lipinski definition) is 1. The zero-order valence-electron chi connectivity index (χ0n) is 12.5. The van der Waals surface area contributed by atoms with Crippen LogP contribution in [-0.4, -0.2) is 14.2 Å². The Morgan fingerprint density at radius 2 is 1.86 bits per heavy atom. The van der Waals surface area contributed by atoms with E-state index in [-0.39, 0.29) is 6.04 Å². The highest BCUT2D eigenvalue weighted by Crippen LogP contribution is 2.26. The van der Waals surface area contributed by atoms with Crippen molar-refractivity contribution in [3.05, 3.63) is 58.6 Å². The highest BCUT2D eigenvalue weighted by Gasteiger charge is 2.10. The maximum Gasteiger partial charge on any atom is 0.127 e. The Labute approximate surface area is 130 Å². The van der Waals surface area contributed by atoms with E-state index < -0.39 is 0 Å². The van der Waals surface area contributed by atoms with Crippen LogP contribution in [0.4, 0.5) is 0 Å². The van der Waals surface area contributed by atoms with E-state index in [4.69, 9.17) is 21.1 Å². The van der Waals surface area contributed by atoms with E-state index in [9.17, 15) is 0 Å². The van der Waals surface area contributed by atoms with Crippen LogP contribution in [0.3, 0.4) is 0 Å².